The van der Waals surface area contributed by atoms with Crippen LogP contribution in [0.4, 0.5) is 0 Å². The third-order valence-electron chi connectivity index (χ3n) is 4.26. The van der Waals surface area contributed by atoms with Gasteiger partial charge in [0.05, 0.1) is 23.8 Å². The van der Waals surface area contributed by atoms with Crippen LogP contribution in [0.2, 0.25) is 0 Å². The standard InChI is InChI=1S/C20H28N4O/c1-4-6-19-23-18-12-22-17-11-15(25-10-5-9-21)7-8-16(17)20(18)24(19)13-14(2)3/h7-8,11-12,14H,4-6,9-10,13,21H2,1-3H3. The number of hydrogen-bond acceptors (Lipinski definition) is 4. The maximum Gasteiger partial charge on any atom is 0.121 e. The van der Waals surface area contributed by atoms with Crippen molar-refractivity contribution >= 4 is 21.9 Å². The van der Waals surface area contributed by atoms with Crippen molar-refractivity contribution < 1.29 is 4.74 Å². The van der Waals surface area contributed by atoms with Crippen LogP contribution >= 0.6 is 0 Å². The number of aromatic nitrogens is 3. The molecule has 0 bridgehead atoms. The van der Waals surface area contributed by atoms with Gasteiger partial charge in [0.25, 0.3) is 0 Å². The predicted octanol–water partition coefficient (Wildman–Crippen LogP) is 3.92. The largest absolute Gasteiger partial charge is 0.493 e. The van der Waals surface area contributed by atoms with E-state index < -0.39 is 0 Å². The van der Waals surface area contributed by atoms with Crippen LogP contribution < -0.4 is 10.5 Å². The summed E-state index contributed by atoms with van der Waals surface area (Å²) in [5.41, 5.74) is 8.65. The quantitative estimate of drug-likeness (QED) is 0.631. The van der Waals surface area contributed by atoms with Gasteiger partial charge in [0.2, 0.25) is 0 Å². The normalized spacial score (nSPS) is 11.7. The monoisotopic (exact) mass is 340 g/mol. The van der Waals surface area contributed by atoms with Gasteiger partial charge in [-0.15, -0.1) is 0 Å². The fraction of sp³-hybridized carbons (Fsp3) is 0.500. The molecule has 0 unspecified atom stereocenters. The third-order valence-corrected chi connectivity index (χ3v) is 4.26. The van der Waals surface area contributed by atoms with E-state index in [1.165, 1.54) is 5.52 Å². The lowest BCUT2D eigenvalue weighted by Gasteiger charge is -2.13. The van der Waals surface area contributed by atoms with Gasteiger partial charge in [-0.05, 0) is 37.4 Å². The molecule has 0 saturated carbocycles. The number of ether oxygens (including phenoxy) is 1. The fourth-order valence-electron chi connectivity index (χ4n) is 3.18. The Morgan fingerprint density at radius 2 is 2.08 bits per heavy atom. The van der Waals surface area contributed by atoms with Crippen molar-refractivity contribution in [3.8, 4) is 5.75 Å². The molecule has 0 saturated heterocycles. The highest BCUT2D eigenvalue weighted by atomic mass is 16.5. The minimum Gasteiger partial charge on any atom is -0.493 e. The average Bonchev–Trinajstić information content (AvgIpc) is 2.92. The predicted molar refractivity (Wildman–Crippen MR) is 103 cm³/mol. The second-order valence-corrected chi connectivity index (χ2v) is 6.94. The van der Waals surface area contributed by atoms with E-state index in [0.29, 0.717) is 19.1 Å². The molecule has 0 radical (unpaired) electrons. The minimum absolute atomic E-state index is 0.565. The molecule has 2 aromatic heterocycles. The summed E-state index contributed by atoms with van der Waals surface area (Å²) in [6.07, 6.45) is 4.82. The molecular formula is C20H28N4O. The minimum atomic E-state index is 0.565. The summed E-state index contributed by atoms with van der Waals surface area (Å²) < 4.78 is 8.14. The smallest absolute Gasteiger partial charge is 0.121 e. The zero-order valence-electron chi connectivity index (χ0n) is 15.5. The Morgan fingerprint density at radius 1 is 1.24 bits per heavy atom. The van der Waals surface area contributed by atoms with Gasteiger partial charge in [0.15, 0.2) is 0 Å². The van der Waals surface area contributed by atoms with Crippen molar-refractivity contribution in [2.45, 2.75) is 46.6 Å². The van der Waals surface area contributed by atoms with Gasteiger partial charge >= 0.3 is 0 Å². The van der Waals surface area contributed by atoms with Crippen LogP contribution in [-0.4, -0.2) is 27.7 Å². The summed E-state index contributed by atoms with van der Waals surface area (Å²) in [5, 5.41) is 1.14. The molecule has 0 aliphatic carbocycles. The van der Waals surface area contributed by atoms with E-state index in [1.807, 2.05) is 18.3 Å². The number of hydrogen-bond donors (Lipinski definition) is 1. The molecule has 2 heterocycles. The zero-order valence-corrected chi connectivity index (χ0v) is 15.5. The maximum atomic E-state index is 5.76. The Labute approximate surface area is 149 Å². The summed E-state index contributed by atoms with van der Waals surface area (Å²) in [7, 11) is 0. The molecule has 3 aromatic rings. The van der Waals surface area contributed by atoms with Crippen LogP contribution in [-0.2, 0) is 13.0 Å². The molecule has 25 heavy (non-hydrogen) atoms. The Kier molecular flexibility index (Phi) is 5.53. The summed E-state index contributed by atoms with van der Waals surface area (Å²) in [5.74, 6) is 2.57. The fourth-order valence-corrected chi connectivity index (χ4v) is 3.18. The van der Waals surface area contributed by atoms with Gasteiger partial charge < -0.3 is 15.0 Å². The molecule has 5 nitrogen and oxygen atoms in total. The first-order valence-corrected chi connectivity index (χ1v) is 9.24. The van der Waals surface area contributed by atoms with Crippen LogP contribution in [0.3, 0.4) is 0 Å². The highest BCUT2D eigenvalue weighted by Gasteiger charge is 2.15. The Hall–Kier alpha value is -2.14. The van der Waals surface area contributed by atoms with Crippen LogP contribution in [0, 0.1) is 5.92 Å². The molecule has 0 aliphatic rings. The van der Waals surface area contributed by atoms with E-state index in [4.69, 9.17) is 15.5 Å². The number of rotatable bonds is 8. The highest BCUT2D eigenvalue weighted by molar-refractivity contribution is 6.02. The van der Waals surface area contributed by atoms with Crippen LogP contribution in [0.25, 0.3) is 21.9 Å². The SMILES string of the molecule is CCCc1nc2cnc3cc(OCCCN)ccc3c2n1CC(C)C. The summed E-state index contributed by atoms with van der Waals surface area (Å²) in [6.45, 7) is 8.93. The molecule has 5 heteroatoms. The third kappa shape index (κ3) is 3.76. The average molecular weight is 340 g/mol. The first kappa shape index (κ1) is 17.7. The molecule has 0 spiro atoms. The Morgan fingerprint density at radius 3 is 2.80 bits per heavy atom. The summed E-state index contributed by atoms with van der Waals surface area (Å²) in [6, 6.07) is 6.14. The zero-order chi connectivity index (χ0) is 17.8. The molecule has 0 aliphatic heterocycles. The molecule has 134 valence electrons. The Bertz CT molecular complexity index is 854. The van der Waals surface area contributed by atoms with Crippen molar-refractivity contribution in [3.05, 3.63) is 30.2 Å². The van der Waals surface area contributed by atoms with Gasteiger partial charge in [-0.2, -0.15) is 0 Å². The number of nitrogens with zero attached hydrogens (tertiary/aromatic N) is 3. The lowest BCUT2D eigenvalue weighted by Crippen LogP contribution is -2.09. The van der Waals surface area contributed by atoms with Crippen LogP contribution in [0.5, 0.6) is 5.75 Å². The lowest BCUT2D eigenvalue weighted by molar-refractivity contribution is 0.314. The van der Waals surface area contributed by atoms with E-state index in [-0.39, 0.29) is 0 Å². The lowest BCUT2D eigenvalue weighted by atomic mass is 10.1. The van der Waals surface area contributed by atoms with Gasteiger partial charge in [0.1, 0.15) is 17.1 Å². The molecule has 0 atom stereocenters. The second-order valence-electron chi connectivity index (χ2n) is 6.94. The van der Waals surface area contributed by atoms with Crippen molar-refractivity contribution in [1.82, 2.24) is 14.5 Å². The maximum absolute atomic E-state index is 5.76. The number of aryl methyl sites for hydroxylation is 1. The van der Waals surface area contributed by atoms with E-state index in [0.717, 1.165) is 53.8 Å². The van der Waals surface area contributed by atoms with Gasteiger partial charge in [-0.3, -0.25) is 4.98 Å². The van der Waals surface area contributed by atoms with Crippen molar-refractivity contribution in [2.75, 3.05) is 13.2 Å². The van der Waals surface area contributed by atoms with Crippen molar-refractivity contribution in [1.29, 1.82) is 0 Å². The first-order valence-electron chi connectivity index (χ1n) is 9.24. The molecule has 3 rings (SSSR count). The van der Waals surface area contributed by atoms with Gasteiger partial charge in [-0.25, -0.2) is 4.98 Å². The van der Waals surface area contributed by atoms with Crippen LogP contribution in [0.1, 0.15) is 39.4 Å². The van der Waals surface area contributed by atoms with Gasteiger partial charge in [0, 0.05) is 24.4 Å². The van der Waals surface area contributed by atoms with E-state index in [9.17, 15) is 0 Å². The van der Waals surface area contributed by atoms with Crippen molar-refractivity contribution in [2.24, 2.45) is 11.7 Å². The van der Waals surface area contributed by atoms with E-state index in [2.05, 4.69) is 36.4 Å². The van der Waals surface area contributed by atoms with Crippen LogP contribution in [0.15, 0.2) is 24.4 Å². The molecule has 2 N–H and O–H groups in total. The molecular weight excluding hydrogens is 312 g/mol. The molecule has 0 amide bonds. The first-order chi connectivity index (χ1) is 12.1. The number of benzene rings is 1. The second kappa shape index (κ2) is 7.83. The van der Waals surface area contributed by atoms with E-state index in [1.54, 1.807) is 0 Å². The van der Waals surface area contributed by atoms with Gasteiger partial charge in [-0.1, -0.05) is 20.8 Å². The number of imidazole rings is 1. The van der Waals surface area contributed by atoms with E-state index >= 15 is 0 Å². The van der Waals surface area contributed by atoms with Crippen molar-refractivity contribution in [3.63, 3.8) is 0 Å². The molecule has 0 fully saturated rings. The highest BCUT2D eigenvalue weighted by Crippen LogP contribution is 2.28. The number of fused-ring (bicyclic) bond motifs is 3. The molecule has 1 aromatic carbocycles. The number of pyridine rings is 1. The topological polar surface area (TPSA) is 66.0 Å². The number of nitrogens with two attached hydrogens (primary N) is 1. The summed E-state index contributed by atoms with van der Waals surface area (Å²) >= 11 is 0. The summed E-state index contributed by atoms with van der Waals surface area (Å²) in [4.78, 5) is 9.46. The Balaban J connectivity index is 2.09.